The van der Waals surface area contributed by atoms with Crippen LogP contribution < -0.4 is 10.2 Å². The van der Waals surface area contributed by atoms with Gasteiger partial charge in [0.05, 0.1) is 10.0 Å². The molecule has 5 heterocycles. The Kier molecular flexibility index (Phi) is 7.41. The van der Waals surface area contributed by atoms with Crippen molar-refractivity contribution in [1.82, 2.24) is 19.9 Å². The van der Waals surface area contributed by atoms with Gasteiger partial charge in [0.15, 0.2) is 12.0 Å². The molecule has 6 rings (SSSR count). The summed E-state index contributed by atoms with van der Waals surface area (Å²) in [6, 6.07) is 9.25. The van der Waals surface area contributed by atoms with E-state index in [1.54, 1.807) is 18.2 Å². The summed E-state index contributed by atoms with van der Waals surface area (Å²) in [7, 11) is 0. The number of carbonyl (C=O) groups excluding carboxylic acids is 1. The number of carbonyl (C=O) groups is 1. The van der Waals surface area contributed by atoms with Crippen molar-refractivity contribution in [3.8, 4) is 0 Å². The Balaban J connectivity index is 1.06. The van der Waals surface area contributed by atoms with Crippen molar-refractivity contribution in [2.45, 2.75) is 45.0 Å². The number of hydrogen-bond acceptors (Lipinski definition) is 8. The number of pyridine rings is 1. The number of hydrogen-bond donors (Lipinski definition) is 2. The molecule has 2 saturated heterocycles. The van der Waals surface area contributed by atoms with Crippen molar-refractivity contribution in [3.63, 3.8) is 0 Å². The smallest absolute Gasteiger partial charge is 0.276 e. The zero-order chi connectivity index (χ0) is 27.0. The van der Waals surface area contributed by atoms with Crippen molar-refractivity contribution in [3.05, 3.63) is 69.8 Å². The molecular formula is C28H32Cl2N6O3. The van der Waals surface area contributed by atoms with Gasteiger partial charge in [0.25, 0.3) is 5.91 Å². The fourth-order valence-corrected chi connectivity index (χ4v) is 6.36. The third kappa shape index (κ3) is 5.45. The molecule has 39 heavy (non-hydrogen) atoms. The summed E-state index contributed by atoms with van der Waals surface area (Å²) in [5.74, 6) is 0.631. The zero-order valence-electron chi connectivity index (χ0n) is 21.7. The quantitative estimate of drug-likeness (QED) is 0.428. The van der Waals surface area contributed by atoms with Gasteiger partial charge in [0, 0.05) is 75.0 Å². The van der Waals surface area contributed by atoms with E-state index in [0.29, 0.717) is 52.1 Å². The number of nitrogens with zero attached hydrogens (tertiary/aromatic N) is 5. The van der Waals surface area contributed by atoms with Gasteiger partial charge in [-0.3, -0.25) is 14.7 Å². The molecule has 1 atom stereocenters. The summed E-state index contributed by atoms with van der Waals surface area (Å²) in [6.07, 6.45) is 7.55. The van der Waals surface area contributed by atoms with Crippen LogP contribution in [0.5, 0.6) is 0 Å². The normalized spacial score (nSPS) is 20.1. The zero-order valence-corrected chi connectivity index (χ0v) is 23.2. The summed E-state index contributed by atoms with van der Waals surface area (Å²) in [5.41, 5.74) is 3.29. The molecule has 2 N–H and O–H groups in total. The lowest BCUT2D eigenvalue weighted by Crippen LogP contribution is -2.48. The Bertz CT molecular complexity index is 1320. The van der Waals surface area contributed by atoms with Crippen molar-refractivity contribution in [1.29, 1.82) is 0 Å². The second-order valence-electron chi connectivity index (χ2n) is 10.8. The number of halogens is 2. The first kappa shape index (κ1) is 26.4. The van der Waals surface area contributed by atoms with E-state index in [1.807, 2.05) is 22.2 Å². The van der Waals surface area contributed by atoms with Crippen LogP contribution in [0.3, 0.4) is 0 Å². The molecule has 9 nitrogen and oxygen atoms in total. The van der Waals surface area contributed by atoms with Crippen LogP contribution >= 0.6 is 23.2 Å². The van der Waals surface area contributed by atoms with Crippen molar-refractivity contribution >= 4 is 40.5 Å². The van der Waals surface area contributed by atoms with Gasteiger partial charge in [-0.05, 0) is 61.4 Å². The largest absolute Gasteiger partial charge is 0.371 e. The van der Waals surface area contributed by atoms with Gasteiger partial charge in [-0.25, -0.2) is 0 Å². The number of aliphatic hydroxyl groups excluding tert-OH is 1. The van der Waals surface area contributed by atoms with E-state index in [1.165, 1.54) is 5.69 Å². The van der Waals surface area contributed by atoms with Gasteiger partial charge in [-0.1, -0.05) is 28.4 Å². The highest BCUT2D eigenvalue weighted by Gasteiger charge is 2.40. The van der Waals surface area contributed by atoms with E-state index >= 15 is 0 Å². The standard InChI is InChI=1S/C28H32Cl2N6O3/c29-22-2-1-19(17-23(22)30)32-27(38)36-12-5-24-21(18-36)25(33-39-24)26(37)35-15-8-28(9-16-35)6-13-34(14-7-28)20-3-10-31-11-4-20/h1-4,10-11,17,27,32,38H,5-9,12-16,18H2. The maximum Gasteiger partial charge on any atom is 0.276 e. The highest BCUT2D eigenvalue weighted by molar-refractivity contribution is 6.42. The van der Waals surface area contributed by atoms with Gasteiger partial charge in [0.1, 0.15) is 5.76 Å². The number of nitrogens with one attached hydrogen (secondary N) is 1. The third-order valence-electron chi connectivity index (χ3n) is 8.58. The van der Waals surface area contributed by atoms with Crippen LogP contribution in [0.4, 0.5) is 11.4 Å². The topological polar surface area (TPSA) is 98.0 Å². The first-order chi connectivity index (χ1) is 18.9. The number of fused-ring (bicyclic) bond motifs is 1. The predicted octanol–water partition coefficient (Wildman–Crippen LogP) is 4.65. The van der Waals surface area contributed by atoms with E-state index in [9.17, 15) is 9.90 Å². The molecule has 2 fully saturated rings. The number of amides is 1. The number of aromatic nitrogens is 2. The lowest BCUT2D eigenvalue weighted by Gasteiger charge is -2.47. The molecule has 3 aliphatic rings. The first-order valence-electron chi connectivity index (χ1n) is 13.5. The number of rotatable bonds is 5. The first-order valence-corrected chi connectivity index (χ1v) is 14.2. The molecule has 0 saturated carbocycles. The Morgan fingerprint density at radius 1 is 1.00 bits per heavy atom. The second kappa shape index (κ2) is 11.0. The highest BCUT2D eigenvalue weighted by atomic mass is 35.5. The molecule has 1 amide bonds. The Hall–Kier alpha value is -2.85. The average Bonchev–Trinajstić information content (AvgIpc) is 3.39. The minimum atomic E-state index is -0.971. The molecular weight excluding hydrogens is 539 g/mol. The SMILES string of the molecule is O=C(c1noc2c1CN(C(O)Nc1ccc(Cl)c(Cl)c1)CC2)N1CCC2(CC1)CCN(c1ccncc1)CC2. The molecule has 0 aliphatic carbocycles. The minimum Gasteiger partial charge on any atom is -0.371 e. The summed E-state index contributed by atoms with van der Waals surface area (Å²) in [6.45, 7) is 4.43. The molecule has 11 heteroatoms. The van der Waals surface area contributed by atoms with Gasteiger partial charge >= 0.3 is 0 Å². The number of aliphatic hydroxyl groups is 1. The Labute approximate surface area is 237 Å². The fourth-order valence-electron chi connectivity index (χ4n) is 6.06. The Morgan fingerprint density at radius 2 is 1.72 bits per heavy atom. The highest BCUT2D eigenvalue weighted by Crippen LogP contribution is 2.42. The van der Waals surface area contributed by atoms with E-state index in [2.05, 4.69) is 32.5 Å². The van der Waals surface area contributed by atoms with Gasteiger partial charge in [-0.2, -0.15) is 0 Å². The molecule has 0 bridgehead atoms. The molecule has 206 valence electrons. The van der Waals surface area contributed by atoms with Crippen LogP contribution in [0.25, 0.3) is 0 Å². The van der Waals surface area contributed by atoms with Gasteiger partial charge < -0.3 is 24.7 Å². The van der Waals surface area contributed by atoms with Crippen LogP contribution in [0.1, 0.15) is 47.5 Å². The maximum atomic E-state index is 13.5. The number of piperidine rings is 2. The molecule has 3 aliphatic heterocycles. The summed E-state index contributed by atoms with van der Waals surface area (Å²) in [5, 5.41) is 18.9. The van der Waals surface area contributed by atoms with Crippen molar-refractivity contribution < 1.29 is 14.4 Å². The molecule has 1 unspecified atom stereocenters. The van der Waals surface area contributed by atoms with Crippen LogP contribution in [-0.2, 0) is 13.0 Å². The van der Waals surface area contributed by atoms with Crippen molar-refractivity contribution in [2.24, 2.45) is 5.41 Å². The van der Waals surface area contributed by atoms with E-state index < -0.39 is 6.35 Å². The minimum absolute atomic E-state index is 0.0853. The van der Waals surface area contributed by atoms with Crippen molar-refractivity contribution in [2.75, 3.05) is 42.9 Å². The number of anilines is 2. The molecule has 1 spiro atoms. The van der Waals surface area contributed by atoms with Crippen LogP contribution in [0.2, 0.25) is 10.0 Å². The van der Waals surface area contributed by atoms with Gasteiger partial charge in [-0.15, -0.1) is 0 Å². The summed E-state index contributed by atoms with van der Waals surface area (Å²) in [4.78, 5) is 23.9. The van der Waals surface area contributed by atoms with E-state index in [-0.39, 0.29) is 5.91 Å². The predicted molar refractivity (Wildman–Crippen MR) is 150 cm³/mol. The summed E-state index contributed by atoms with van der Waals surface area (Å²) < 4.78 is 5.57. The molecule has 2 aromatic heterocycles. The van der Waals surface area contributed by atoms with E-state index in [4.69, 9.17) is 27.7 Å². The fraction of sp³-hybridized carbons (Fsp3) is 0.464. The molecule has 1 aromatic carbocycles. The number of benzene rings is 1. The van der Waals surface area contributed by atoms with Crippen LogP contribution in [0, 0.1) is 5.41 Å². The summed E-state index contributed by atoms with van der Waals surface area (Å²) >= 11 is 12.1. The Morgan fingerprint density at radius 3 is 2.44 bits per heavy atom. The molecule has 3 aromatic rings. The monoisotopic (exact) mass is 570 g/mol. The van der Waals surface area contributed by atoms with Crippen LogP contribution in [0.15, 0.2) is 47.2 Å². The average molecular weight is 572 g/mol. The lowest BCUT2D eigenvalue weighted by atomic mass is 9.71. The third-order valence-corrected chi connectivity index (χ3v) is 9.32. The maximum absolute atomic E-state index is 13.5. The van der Waals surface area contributed by atoms with Gasteiger partial charge in [0.2, 0.25) is 0 Å². The van der Waals surface area contributed by atoms with E-state index in [0.717, 1.165) is 57.4 Å². The van der Waals surface area contributed by atoms with Crippen LogP contribution in [-0.4, -0.2) is 70.0 Å². The number of likely N-dealkylation sites (tertiary alicyclic amines) is 1. The lowest BCUT2D eigenvalue weighted by molar-refractivity contribution is 0.0141. The second-order valence-corrected chi connectivity index (χ2v) is 11.6. The molecule has 0 radical (unpaired) electrons.